The number of hydrogen-bond donors (Lipinski definition) is 0. The zero-order valence-corrected chi connectivity index (χ0v) is 15.6. The molecule has 1 amide bonds. The Morgan fingerprint density at radius 2 is 1.83 bits per heavy atom. The molecule has 134 valence electrons. The van der Waals surface area contributed by atoms with Crippen LogP contribution in [0.4, 0.5) is 0 Å². The van der Waals surface area contributed by atoms with Crippen molar-refractivity contribution < 1.29 is 13.2 Å². The summed E-state index contributed by atoms with van der Waals surface area (Å²) in [5.41, 5.74) is 1.12. The maximum atomic E-state index is 12.7. The van der Waals surface area contributed by atoms with Crippen molar-refractivity contribution in [2.24, 2.45) is 0 Å². The van der Waals surface area contributed by atoms with Crippen LogP contribution in [0.15, 0.2) is 0 Å². The summed E-state index contributed by atoms with van der Waals surface area (Å²) >= 11 is 6.48. The van der Waals surface area contributed by atoms with Crippen LogP contribution in [0.25, 0.3) is 0 Å². The lowest BCUT2D eigenvalue weighted by molar-refractivity contribution is 0.0763. The quantitative estimate of drug-likeness (QED) is 0.772. The van der Waals surface area contributed by atoms with E-state index in [1.807, 2.05) is 4.68 Å². The fourth-order valence-corrected chi connectivity index (χ4v) is 4.63. The molecular weight excluding hydrogens is 352 g/mol. The van der Waals surface area contributed by atoms with Gasteiger partial charge in [-0.05, 0) is 20.3 Å². The number of nitrogens with zero attached hydrogens (tertiary/aromatic N) is 4. The summed E-state index contributed by atoms with van der Waals surface area (Å²) in [6.07, 6.45) is 0.957. The first-order valence-corrected chi connectivity index (χ1v) is 10.5. The van der Waals surface area contributed by atoms with Gasteiger partial charge in [-0.1, -0.05) is 11.6 Å². The Kier molecular flexibility index (Phi) is 4.90. The first-order chi connectivity index (χ1) is 11.3. The Hall–Kier alpha value is -1.12. The number of amides is 1. The molecule has 1 saturated heterocycles. The molecule has 0 spiro atoms. The van der Waals surface area contributed by atoms with E-state index in [9.17, 15) is 13.2 Å². The molecule has 0 bridgehead atoms. The van der Waals surface area contributed by atoms with E-state index in [1.54, 1.807) is 0 Å². The van der Waals surface area contributed by atoms with E-state index in [2.05, 4.69) is 23.8 Å². The molecular formula is C15H23ClN4O3S. The number of halogens is 1. The molecule has 0 atom stereocenters. The molecule has 0 unspecified atom stereocenters. The highest BCUT2D eigenvalue weighted by molar-refractivity contribution is 7.91. The minimum Gasteiger partial charge on any atom is -0.335 e. The fourth-order valence-electron chi connectivity index (χ4n) is 3.15. The van der Waals surface area contributed by atoms with Gasteiger partial charge in [0.25, 0.3) is 5.91 Å². The lowest BCUT2D eigenvalue weighted by Crippen LogP contribution is -2.44. The summed E-state index contributed by atoms with van der Waals surface area (Å²) in [5.74, 6) is -0.262. The monoisotopic (exact) mass is 374 g/mol. The predicted octanol–water partition coefficient (Wildman–Crippen LogP) is 1.02. The van der Waals surface area contributed by atoms with Crippen LogP contribution in [-0.4, -0.2) is 71.1 Å². The van der Waals surface area contributed by atoms with Crippen molar-refractivity contribution in [2.45, 2.75) is 39.4 Å². The highest BCUT2D eigenvalue weighted by Gasteiger charge is 2.31. The standard InChI is InChI=1S/C15H23ClN4O3S/c1-11(2)19-4-3-5-20-12(10-19)13(16)14(17-20)15(21)18-6-8-24(22,23)9-7-18/h11H,3-10H2,1-2H3. The summed E-state index contributed by atoms with van der Waals surface area (Å²) in [6, 6.07) is 0.397. The third kappa shape index (κ3) is 3.45. The van der Waals surface area contributed by atoms with Crippen molar-refractivity contribution in [1.29, 1.82) is 0 Å². The topological polar surface area (TPSA) is 75.5 Å². The number of hydrogen-bond acceptors (Lipinski definition) is 5. The van der Waals surface area contributed by atoms with Crippen molar-refractivity contribution in [3.8, 4) is 0 Å². The number of aromatic nitrogens is 2. The molecule has 0 aliphatic carbocycles. The molecule has 0 radical (unpaired) electrons. The van der Waals surface area contributed by atoms with Crippen LogP contribution in [0.1, 0.15) is 36.5 Å². The van der Waals surface area contributed by atoms with E-state index in [-0.39, 0.29) is 36.2 Å². The van der Waals surface area contributed by atoms with E-state index in [4.69, 9.17) is 11.6 Å². The van der Waals surface area contributed by atoms with Crippen molar-refractivity contribution >= 4 is 27.3 Å². The average Bonchev–Trinajstić information content (AvgIpc) is 2.71. The molecule has 1 fully saturated rings. The van der Waals surface area contributed by atoms with Crippen LogP contribution in [-0.2, 0) is 22.9 Å². The normalized spacial score (nSPS) is 21.6. The summed E-state index contributed by atoms with van der Waals surface area (Å²) in [4.78, 5) is 16.6. The molecule has 7 nitrogen and oxygen atoms in total. The minimum absolute atomic E-state index is 0.00501. The van der Waals surface area contributed by atoms with Crippen LogP contribution in [0.2, 0.25) is 5.02 Å². The number of sulfone groups is 1. The molecule has 24 heavy (non-hydrogen) atoms. The van der Waals surface area contributed by atoms with Crippen molar-refractivity contribution in [3.63, 3.8) is 0 Å². The van der Waals surface area contributed by atoms with Gasteiger partial charge in [0.05, 0.1) is 22.2 Å². The van der Waals surface area contributed by atoms with Crippen LogP contribution in [0.3, 0.4) is 0 Å². The van der Waals surface area contributed by atoms with E-state index in [0.717, 1.165) is 25.2 Å². The molecule has 9 heteroatoms. The average molecular weight is 375 g/mol. The second kappa shape index (κ2) is 6.65. The van der Waals surface area contributed by atoms with Gasteiger partial charge >= 0.3 is 0 Å². The van der Waals surface area contributed by atoms with Crippen LogP contribution < -0.4 is 0 Å². The summed E-state index contributed by atoms with van der Waals surface area (Å²) in [5, 5.41) is 4.84. The van der Waals surface area contributed by atoms with E-state index >= 15 is 0 Å². The SMILES string of the molecule is CC(C)N1CCCn2nc(C(=O)N3CCS(=O)(=O)CC3)c(Cl)c2C1. The first kappa shape index (κ1) is 17.7. The maximum Gasteiger partial charge on any atom is 0.275 e. The summed E-state index contributed by atoms with van der Waals surface area (Å²) in [7, 11) is -3.02. The Morgan fingerprint density at radius 3 is 2.46 bits per heavy atom. The van der Waals surface area contributed by atoms with Gasteiger partial charge in [0.15, 0.2) is 15.5 Å². The van der Waals surface area contributed by atoms with Crippen molar-refractivity contribution in [2.75, 3.05) is 31.1 Å². The first-order valence-electron chi connectivity index (χ1n) is 8.27. The van der Waals surface area contributed by atoms with Gasteiger partial charge in [-0.3, -0.25) is 14.4 Å². The van der Waals surface area contributed by atoms with Gasteiger partial charge in [-0.2, -0.15) is 5.10 Å². The molecule has 2 aliphatic heterocycles. The third-order valence-electron chi connectivity index (χ3n) is 4.73. The summed E-state index contributed by atoms with van der Waals surface area (Å²) < 4.78 is 24.9. The van der Waals surface area contributed by atoms with Gasteiger partial charge in [0, 0.05) is 38.8 Å². The van der Waals surface area contributed by atoms with Crippen LogP contribution >= 0.6 is 11.6 Å². The van der Waals surface area contributed by atoms with Crippen LogP contribution in [0, 0.1) is 0 Å². The molecule has 0 N–H and O–H groups in total. The number of rotatable bonds is 2. The third-order valence-corrected chi connectivity index (χ3v) is 6.73. The Morgan fingerprint density at radius 1 is 1.17 bits per heavy atom. The van der Waals surface area contributed by atoms with Crippen molar-refractivity contribution in [3.05, 3.63) is 16.4 Å². The van der Waals surface area contributed by atoms with E-state index in [1.165, 1.54) is 4.90 Å². The number of fused-ring (bicyclic) bond motifs is 1. The zero-order chi connectivity index (χ0) is 17.5. The molecule has 0 aromatic carbocycles. The zero-order valence-electron chi connectivity index (χ0n) is 14.0. The molecule has 1 aromatic rings. The fraction of sp³-hybridized carbons (Fsp3) is 0.733. The Labute approximate surface area is 147 Å². The Balaban J connectivity index is 1.83. The van der Waals surface area contributed by atoms with Crippen molar-refractivity contribution in [1.82, 2.24) is 19.6 Å². The molecule has 1 aromatic heterocycles. The van der Waals surface area contributed by atoms with E-state index < -0.39 is 9.84 Å². The maximum absolute atomic E-state index is 12.7. The lowest BCUT2D eigenvalue weighted by Gasteiger charge is -2.26. The van der Waals surface area contributed by atoms with Gasteiger partial charge in [-0.15, -0.1) is 0 Å². The molecule has 0 saturated carbocycles. The smallest absolute Gasteiger partial charge is 0.275 e. The second-order valence-electron chi connectivity index (χ2n) is 6.69. The lowest BCUT2D eigenvalue weighted by atomic mass is 10.2. The Bertz CT molecular complexity index is 730. The summed E-state index contributed by atoms with van der Waals surface area (Å²) in [6.45, 7) is 7.08. The number of aryl methyl sites for hydroxylation is 1. The van der Waals surface area contributed by atoms with Gasteiger partial charge in [0.2, 0.25) is 0 Å². The highest BCUT2D eigenvalue weighted by atomic mass is 35.5. The van der Waals surface area contributed by atoms with Gasteiger partial charge in [-0.25, -0.2) is 8.42 Å². The number of carbonyl (C=O) groups is 1. The minimum atomic E-state index is -3.02. The molecule has 3 heterocycles. The molecule has 3 rings (SSSR count). The van der Waals surface area contributed by atoms with Gasteiger partial charge in [0.1, 0.15) is 0 Å². The largest absolute Gasteiger partial charge is 0.335 e. The molecule has 2 aliphatic rings. The number of carbonyl (C=O) groups excluding carboxylic acids is 1. The van der Waals surface area contributed by atoms with Gasteiger partial charge < -0.3 is 4.90 Å². The van der Waals surface area contributed by atoms with Crippen LogP contribution in [0.5, 0.6) is 0 Å². The predicted molar refractivity (Wildman–Crippen MR) is 92.0 cm³/mol. The van der Waals surface area contributed by atoms with E-state index in [0.29, 0.717) is 17.6 Å². The second-order valence-corrected chi connectivity index (χ2v) is 9.38. The highest BCUT2D eigenvalue weighted by Crippen LogP contribution is 2.27.